The van der Waals surface area contributed by atoms with Crippen molar-refractivity contribution in [3.05, 3.63) is 41.9 Å². The molecule has 1 amide bonds. The lowest BCUT2D eigenvalue weighted by Gasteiger charge is -1.97. The molecule has 0 fully saturated rings. The fourth-order valence-electron chi connectivity index (χ4n) is 1.80. The van der Waals surface area contributed by atoms with E-state index < -0.39 is 5.91 Å². The fraction of sp³-hybridized carbons (Fsp3) is 0.154. The van der Waals surface area contributed by atoms with Crippen molar-refractivity contribution >= 4 is 11.9 Å². The van der Waals surface area contributed by atoms with Crippen molar-refractivity contribution in [2.24, 2.45) is 0 Å². The maximum absolute atomic E-state index is 11.9. The molecule has 0 spiro atoms. The van der Waals surface area contributed by atoms with Crippen LogP contribution in [0.1, 0.15) is 22.0 Å². The molecule has 0 saturated carbocycles. The lowest BCUT2D eigenvalue weighted by Crippen LogP contribution is -2.13. The zero-order valence-corrected chi connectivity index (χ0v) is 11.3. The van der Waals surface area contributed by atoms with E-state index in [0.717, 1.165) is 5.76 Å². The Morgan fingerprint density at radius 1 is 1.19 bits per heavy atom. The number of rotatable bonds is 3. The molecule has 0 saturated heterocycles. The van der Waals surface area contributed by atoms with E-state index in [2.05, 4.69) is 25.5 Å². The van der Waals surface area contributed by atoms with Crippen LogP contribution in [0.2, 0.25) is 0 Å². The third-order valence-electron chi connectivity index (χ3n) is 2.71. The summed E-state index contributed by atoms with van der Waals surface area (Å²) in [6, 6.07) is 1.77. The Labute approximate surface area is 119 Å². The molecule has 0 aliphatic carbocycles. The highest BCUT2D eigenvalue weighted by Crippen LogP contribution is 2.26. The molecule has 21 heavy (non-hydrogen) atoms. The lowest BCUT2D eigenvalue weighted by atomic mass is 10.2. The van der Waals surface area contributed by atoms with Gasteiger partial charge in [0.15, 0.2) is 0 Å². The number of hydrogen-bond donors (Lipinski definition) is 1. The Balaban J connectivity index is 1.80. The van der Waals surface area contributed by atoms with Gasteiger partial charge in [-0.2, -0.15) is 0 Å². The van der Waals surface area contributed by atoms with Crippen molar-refractivity contribution in [2.75, 3.05) is 5.32 Å². The van der Waals surface area contributed by atoms with E-state index in [1.807, 2.05) is 6.92 Å². The maximum atomic E-state index is 11.9. The Morgan fingerprint density at radius 2 is 2.05 bits per heavy atom. The Kier molecular flexibility index (Phi) is 3.19. The van der Waals surface area contributed by atoms with Gasteiger partial charge in [0.05, 0.1) is 11.8 Å². The number of aromatic nitrogens is 4. The average Bonchev–Trinajstić information content (AvgIpc) is 3.06. The minimum Gasteiger partial charge on any atom is -0.466 e. The number of furan rings is 1. The van der Waals surface area contributed by atoms with Crippen LogP contribution >= 0.6 is 0 Å². The van der Waals surface area contributed by atoms with Gasteiger partial charge in [-0.1, -0.05) is 5.10 Å². The number of hydrogen-bond acceptors (Lipinski definition) is 7. The molecule has 0 unspecified atom stereocenters. The number of anilines is 1. The van der Waals surface area contributed by atoms with Crippen molar-refractivity contribution in [1.29, 1.82) is 0 Å². The highest BCUT2D eigenvalue weighted by atomic mass is 16.4. The summed E-state index contributed by atoms with van der Waals surface area (Å²) in [5, 5.41) is 10.1. The van der Waals surface area contributed by atoms with Crippen LogP contribution in [0.4, 0.5) is 6.01 Å². The van der Waals surface area contributed by atoms with E-state index in [9.17, 15) is 4.79 Å². The second-order valence-corrected chi connectivity index (χ2v) is 4.28. The second-order valence-electron chi connectivity index (χ2n) is 4.28. The van der Waals surface area contributed by atoms with Crippen LogP contribution in [0.3, 0.4) is 0 Å². The molecule has 0 bridgehead atoms. The molecule has 3 aromatic rings. The molecule has 3 aromatic heterocycles. The van der Waals surface area contributed by atoms with Crippen molar-refractivity contribution in [3.63, 3.8) is 0 Å². The van der Waals surface area contributed by atoms with E-state index in [0.29, 0.717) is 11.3 Å². The van der Waals surface area contributed by atoms with E-state index in [-0.39, 0.29) is 17.6 Å². The number of nitrogens with zero attached hydrogens (tertiary/aromatic N) is 4. The molecule has 3 heterocycles. The largest absolute Gasteiger partial charge is 0.466 e. The third kappa shape index (κ3) is 2.64. The first kappa shape index (κ1) is 13.0. The Morgan fingerprint density at radius 3 is 2.71 bits per heavy atom. The first-order valence-electron chi connectivity index (χ1n) is 6.12. The minimum atomic E-state index is -0.474. The van der Waals surface area contributed by atoms with Gasteiger partial charge in [0, 0.05) is 12.4 Å². The quantitative estimate of drug-likeness (QED) is 0.784. The van der Waals surface area contributed by atoms with Gasteiger partial charge in [0.25, 0.3) is 11.8 Å². The molecule has 0 aliphatic rings. The minimum absolute atomic E-state index is 0.0149. The normalized spacial score (nSPS) is 10.6. The molecule has 106 valence electrons. The summed E-state index contributed by atoms with van der Waals surface area (Å²) in [6.07, 6.45) is 4.24. The van der Waals surface area contributed by atoms with Crippen molar-refractivity contribution in [2.45, 2.75) is 13.8 Å². The summed E-state index contributed by atoms with van der Waals surface area (Å²) >= 11 is 0. The fourth-order valence-corrected chi connectivity index (χ4v) is 1.80. The summed E-state index contributed by atoms with van der Waals surface area (Å²) in [7, 11) is 0. The molecular weight excluding hydrogens is 274 g/mol. The summed E-state index contributed by atoms with van der Waals surface area (Å²) in [5.74, 6) is 1.21. The molecule has 1 N–H and O–H groups in total. The van der Waals surface area contributed by atoms with Gasteiger partial charge in [-0.3, -0.25) is 15.1 Å². The molecule has 8 heteroatoms. The highest BCUT2D eigenvalue weighted by molar-refractivity contribution is 6.01. The molecule has 3 rings (SSSR count). The predicted molar refractivity (Wildman–Crippen MR) is 71.5 cm³/mol. The van der Waals surface area contributed by atoms with E-state index in [1.54, 1.807) is 13.0 Å². The SMILES string of the molecule is Cc1cc(-c2nnc(NC(=O)c3cnccn3)o2)c(C)o1. The van der Waals surface area contributed by atoms with Gasteiger partial charge in [-0.15, -0.1) is 5.10 Å². The molecule has 0 atom stereocenters. The molecular formula is C13H11N5O3. The summed E-state index contributed by atoms with van der Waals surface area (Å²) in [4.78, 5) is 19.6. The second kappa shape index (κ2) is 5.16. The zero-order valence-electron chi connectivity index (χ0n) is 11.3. The number of nitrogens with one attached hydrogen (secondary N) is 1. The first-order chi connectivity index (χ1) is 10.1. The van der Waals surface area contributed by atoms with Crippen molar-refractivity contribution in [3.8, 4) is 11.5 Å². The average molecular weight is 285 g/mol. The van der Waals surface area contributed by atoms with Gasteiger partial charge < -0.3 is 8.83 Å². The number of aryl methyl sites for hydroxylation is 2. The smallest absolute Gasteiger partial charge is 0.322 e. The van der Waals surface area contributed by atoms with E-state index in [1.165, 1.54) is 18.6 Å². The Hall–Kier alpha value is -3.03. The van der Waals surface area contributed by atoms with Gasteiger partial charge in [-0.25, -0.2) is 4.98 Å². The molecule has 0 radical (unpaired) electrons. The van der Waals surface area contributed by atoms with E-state index >= 15 is 0 Å². The van der Waals surface area contributed by atoms with Crippen LogP contribution in [-0.4, -0.2) is 26.1 Å². The maximum Gasteiger partial charge on any atom is 0.322 e. The summed E-state index contributed by atoms with van der Waals surface area (Å²) in [6.45, 7) is 3.62. The number of amides is 1. The number of carbonyl (C=O) groups is 1. The monoisotopic (exact) mass is 285 g/mol. The standard InChI is InChI=1S/C13H11N5O3/c1-7-5-9(8(2)20-7)12-17-18-13(21-12)16-11(19)10-6-14-3-4-15-10/h3-6H,1-2H3,(H,16,18,19). The van der Waals surface area contributed by atoms with Gasteiger partial charge in [0.1, 0.15) is 17.2 Å². The summed E-state index contributed by atoms with van der Waals surface area (Å²) in [5.41, 5.74) is 0.854. The topological polar surface area (TPSA) is 107 Å². The van der Waals surface area contributed by atoms with Crippen LogP contribution in [0, 0.1) is 13.8 Å². The predicted octanol–water partition coefficient (Wildman–Crippen LogP) is 1.99. The zero-order chi connectivity index (χ0) is 14.8. The molecule has 8 nitrogen and oxygen atoms in total. The van der Waals surface area contributed by atoms with Crippen LogP contribution in [0.25, 0.3) is 11.5 Å². The van der Waals surface area contributed by atoms with Crippen LogP contribution in [0.15, 0.2) is 33.5 Å². The van der Waals surface area contributed by atoms with Gasteiger partial charge >= 0.3 is 6.01 Å². The van der Waals surface area contributed by atoms with Gasteiger partial charge in [-0.05, 0) is 19.9 Å². The number of carbonyl (C=O) groups excluding carboxylic acids is 1. The summed E-state index contributed by atoms with van der Waals surface area (Å²) < 4.78 is 10.8. The lowest BCUT2D eigenvalue weighted by molar-refractivity contribution is 0.101. The van der Waals surface area contributed by atoms with Crippen molar-refractivity contribution in [1.82, 2.24) is 20.2 Å². The first-order valence-corrected chi connectivity index (χ1v) is 6.12. The Bertz CT molecular complexity index is 778. The van der Waals surface area contributed by atoms with Crippen molar-refractivity contribution < 1.29 is 13.6 Å². The third-order valence-corrected chi connectivity index (χ3v) is 2.71. The van der Waals surface area contributed by atoms with E-state index in [4.69, 9.17) is 8.83 Å². The highest BCUT2D eigenvalue weighted by Gasteiger charge is 2.16. The van der Waals surface area contributed by atoms with Crippen LogP contribution < -0.4 is 5.32 Å². The molecule has 0 aliphatic heterocycles. The molecule has 0 aromatic carbocycles. The van der Waals surface area contributed by atoms with Gasteiger partial charge in [0.2, 0.25) is 0 Å². The van der Waals surface area contributed by atoms with Crippen LogP contribution in [-0.2, 0) is 0 Å². The van der Waals surface area contributed by atoms with Crippen LogP contribution in [0.5, 0.6) is 0 Å².